The molecule has 3 heteroatoms. The summed E-state index contributed by atoms with van der Waals surface area (Å²) in [6, 6.07) is 2.09. The van der Waals surface area contributed by atoms with Crippen LogP contribution in [0.2, 0.25) is 0 Å². The minimum absolute atomic E-state index is 0.0125. The van der Waals surface area contributed by atoms with Gasteiger partial charge < -0.3 is 4.74 Å². The Bertz CT molecular complexity index is 415. The molecule has 0 saturated carbocycles. The van der Waals surface area contributed by atoms with E-state index in [9.17, 15) is 0 Å². The van der Waals surface area contributed by atoms with Crippen LogP contribution in [-0.2, 0) is 0 Å². The lowest BCUT2D eigenvalue weighted by molar-refractivity contribution is 0.403. The van der Waals surface area contributed by atoms with Crippen LogP contribution < -0.4 is 4.74 Å². The van der Waals surface area contributed by atoms with Gasteiger partial charge in [0, 0.05) is 10.0 Å². The van der Waals surface area contributed by atoms with Gasteiger partial charge in [0.25, 0.3) is 0 Å². The minimum atomic E-state index is 0.0125. The van der Waals surface area contributed by atoms with Crippen molar-refractivity contribution in [3.05, 3.63) is 27.2 Å². The van der Waals surface area contributed by atoms with Crippen molar-refractivity contribution in [2.45, 2.75) is 45.9 Å². The van der Waals surface area contributed by atoms with Crippen molar-refractivity contribution < 1.29 is 4.74 Å². The number of benzene rings is 1. The van der Waals surface area contributed by atoms with Gasteiger partial charge in [-0.3, -0.25) is 0 Å². The fourth-order valence-corrected chi connectivity index (χ4v) is 3.09. The molecule has 0 bridgehead atoms. The zero-order chi connectivity index (χ0) is 13.9. The van der Waals surface area contributed by atoms with E-state index < -0.39 is 0 Å². The molecule has 1 aromatic carbocycles. The Morgan fingerprint density at radius 3 is 2.39 bits per heavy atom. The maximum Gasteiger partial charge on any atom is 0.126 e. The molecule has 1 rings (SSSR count). The summed E-state index contributed by atoms with van der Waals surface area (Å²) in [7, 11) is 1.71. The molecule has 1 aromatic rings. The fraction of sp³-hybridized carbons (Fsp3) is 0.600. The van der Waals surface area contributed by atoms with E-state index in [-0.39, 0.29) is 5.38 Å². The van der Waals surface area contributed by atoms with Crippen LogP contribution in [0.25, 0.3) is 0 Å². The number of rotatable bonds is 5. The summed E-state index contributed by atoms with van der Waals surface area (Å²) in [5.41, 5.74) is 3.44. The van der Waals surface area contributed by atoms with E-state index in [2.05, 4.69) is 49.7 Å². The van der Waals surface area contributed by atoms with Gasteiger partial charge in [0.2, 0.25) is 0 Å². The van der Waals surface area contributed by atoms with E-state index in [1.165, 1.54) is 5.56 Å². The SMILES string of the molecule is COc1c(C)cc(Br)c(C)c1C(Cl)CCC(C)C. The summed E-state index contributed by atoms with van der Waals surface area (Å²) >= 11 is 10.2. The average Bonchev–Trinajstić information content (AvgIpc) is 2.30. The van der Waals surface area contributed by atoms with Gasteiger partial charge in [0.05, 0.1) is 12.5 Å². The average molecular weight is 334 g/mol. The summed E-state index contributed by atoms with van der Waals surface area (Å²) in [4.78, 5) is 0. The molecule has 0 radical (unpaired) electrons. The first-order valence-corrected chi connectivity index (χ1v) is 7.59. The molecule has 0 aliphatic rings. The number of hydrogen-bond donors (Lipinski definition) is 0. The molecule has 1 nitrogen and oxygen atoms in total. The molecule has 102 valence electrons. The Hall–Kier alpha value is -0.210. The van der Waals surface area contributed by atoms with Gasteiger partial charge in [0.15, 0.2) is 0 Å². The first-order valence-electron chi connectivity index (χ1n) is 6.36. The van der Waals surface area contributed by atoms with Gasteiger partial charge in [-0.05, 0) is 49.8 Å². The predicted octanol–water partition coefficient (Wildman–Crippen LogP) is 5.79. The normalized spacial score (nSPS) is 12.9. The summed E-state index contributed by atoms with van der Waals surface area (Å²) < 4.78 is 6.64. The third kappa shape index (κ3) is 3.64. The second-order valence-corrected chi connectivity index (χ2v) is 6.57. The van der Waals surface area contributed by atoms with Crippen LogP contribution in [0.1, 0.15) is 48.8 Å². The molecule has 1 atom stereocenters. The standard InChI is InChI=1S/C15H22BrClO/c1-9(2)6-7-13(17)14-11(4)12(16)8-10(3)15(14)18-5/h8-9,13H,6-7H2,1-5H3. The van der Waals surface area contributed by atoms with Crippen molar-refractivity contribution in [2.24, 2.45) is 5.92 Å². The zero-order valence-corrected chi connectivity index (χ0v) is 14.2. The monoisotopic (exact) mass is 332 g/mol. The van der Waals surface area contributed by atoms with Crippen LogP contribution in [0.3, 0.4) is 0 Å². The summed E-state index contributed by atoms with van der Waals surface area (Å²) in [6.07, 6.45) is 2.11. The molecule has 18 heavy (non-hydrogen) atoms. The topological polar surface area (TPSA) is 9.23 Å². The van der Waals surface area contributed by atoms with Crippen molar-refractivity contribution in [2.75, 3.05) is 7.11 Å². The first kappa shape index (κ1) is 15.8. The Morgan fingerprint density at radius 1 is 1.28 bits per heavy atom. The molecule has 0 aliphatic carbocycles. The van der Waals surface area contributed by atoms with E-state index in [1.54, 1.807) is 7.11 Å². The van der Waals surface area contributed by atoms with Gasteiger partial charge in [-0.2, -0.15) is 0 Å². The van der Waals surface area contributed by atoms with Crippen LogP contribution in [0.15, 0.2) is 10.5 Å². The predicted molar refractivity (Wildman–Crippen MR) is 82.8 cm³/mol. The van der Waals surface area contributed by atoms with Crippen LogP contribution in [0, 0.1) is 19.8 Å². The largest absolute Gasteiger partial charge is 0.496 e. The number of aryl methyl sites for hydroxylation is 1. The molecule has 0 N–H and O–H groups in total. The second kappa shape index (κ2) is 6.81. The maximum absolute atomic E-state index is 6.58. The molecule has 1 unspecified atom stereocenters. The molecule has 0 saturated heterocycles. The molecular formula is C15H22BrClO. The van der Waals surface area contributed by atoms with E-state index in [0.29, 0.717) is 5.92 Å². The third-order valence-corrected chi connectivity index (χ3v) is 4.48. The highest BCUT2D eigenvalue weighted by Gasteiger charge is 2.20. The lowest BCUT2D eigenvalue weighted by Crippen LogP contribution is -2.03. The molecule has 0 heterocycles. The Balaban J connectivity index is 3.12. The molecule has 0 spiro atoms. The Morgan fingerprint density at radius 2 is 1.89 bits per heavy atom. The smallest absolute Gasteiger partial charge is 0.126 e. The van der Waals surface area contributed by atoms with Crippen LogP contribution >= 0.6 is 27.5 Å². The van der Waals surface area contributed by atoms with Gasteiger partial charge >= 0.3 is 0 Å². The molecular weight excluding hydrogens is 312 g/mol. The van der Waals surface area contributed by atoms with Crippen molar-refractivity contribution in [1.82, 2.24) is 0 Å². The second-order valence-electron chi connectivity index (χ2n) is 5.19. The molecule has 0 amide bonds. The quantitative estimate of drug-likeness (QED) is 0.620. The number of hydrogen-bond acceptors (Lipinski definition) is 1. The molecule has 0 aromatic heterocycles. The number of halogens is 2. The van der Waals surface area contributed by atoms with Crippen molar-refractivity contribution >= 4 is 27.5 Å². The van der Waals surface area contributed by atoms with E-state index in [4.69, 9.17) is 16.3 Å². The van der Waals surface area contributed by atoms with Gasteiger partial charge in [-0.15, -0.1) is 11.6 Å². The molecule has 0 fully saturated rings. The summed E-state index contributed by atoms with van der Waals surface area (Å²) in [5.74, 6) is 1.60. The van der Waals surface area contributed by atoms with Crippen molar-refractivity contribution in [3.8, 4) is 5.75 Å². The van der Waals surface area contributed by atoms with Gasteiger partial charge in [0.1, 0.15) is 5.75 Å². The van der Waals surface area contributed by atoms with E-state index >= 15 is 0 Å². The van der Waals surface area contributed by atoms with Crippen molar-refractivity contribution in [3.63, 3.8) is 0 Å². The van der Waals surface area contributed by atoms with Crippen LogP contribution in [-0.4, -0.2) is 7.11 Å². The summed E-state index contributed by atoms with van der Waals surface area (Å²) in [6.45, 7) is 8.59. The van der Waals surface area contributed by atoms with Crippen LogP contribution in [0.5, 0.6) is 5.75 Å². The number of ether oxygens (including phenoxy) is 1. The minimum Gasteiger partial charge on any atom is -0.496 e. The number of alkyl halides is 1. The fourth-order valence-electron chi connectivity index (χ4n) is 2.15. The van der Waals surface area contributed by atoms with Crippen molar-refractivity contribution in [1.29, 1.82) is 0 Å². The van der Waals surface area contributed by atoms with E-state index in [1.807, 2.05) is 0 Å². The third-order valence-electron chi connectivity index (χ3n) is 3.22. The molecule has 0 aliphatic heterocycles. The maximum atomic E-state index is 6.58. The highest BCUT2D eigenvalue weighted by Crippen LogP contribution is 2.41. The van der Waals surface area contributed by atoms with Crippen LogP contribution in [0.4, 0.5) is 0 Å². The Kier molecular flexibility index (Phi) is 6.00. The van der Waals surface area contributed by atoms with Gasteiger partial charge in [-0.25, -0.2) is 0 Å². The van der Waals surface area contributed by atoms with E-state index in [0.717, 1.165) is 34.2 Å². The first-order chi connectivity index (χ1) is 8.38. The zero-order valence-electron chi connectivity index (χ0n) is 11.8. The summed E-state index contributed by atoms with van der Waals surface area (Å²) in [5, 5.41) is 0.0125. The number of methoxy groups -OCH3 is 1. The highest BCUT2D eigenvalue weighted by molar-refractivity contribution is 9.10. The lowest BCUT2D eigenvalue weighted by atomic mass is 9.96. The lowest BCUT2D eigenvalue weighted by Gasteiger charge is -2.20. The highest BCUT2D eigenvalue weighted by atomic mass is 79.9. The van der Waals surface area contributed by atoms with Gasteiger partial charge in [-0.1, -0.05) is 29.8 Å². The Labute approximate surface area is 124 Å².